The number of aromatic hydroxyl groups is 1. The van der Waals surface area contributed by atoms with Gasteiger partial charge in [0.2, 0.25) is 5.78 Å². The smallest absolute Gasteiger partial charge is 0.255 e. The maximum Gasteiger partial charge on any atom is 0.255 e. The van der Waals surface area contributed by atoms with Crippen molar-refractivity contribution in [2.24, 2.45) is 17.6 Å². The number of hydrogen-bond acceptors (Lipinski definition) is 9. The van der Waals surface area contributed by atoms with Crippen molar-refractivity contribution in [3.63, 3.8) is 0 Å². The van der Waals surface area contributed by atoms with E-state index in [1.165, 1.54) is 11.0 Å². The summed E-state index contributed by atoms with van der Waals surface area (Å²) in [6.07, 6.45) is 0.251. The van der Waals surface area contributed by atoms with Crippen molar-refractivity contribution < 1.29 is 34.8 Å². The number of hydrogen-bond donors (Lipinski definition) is 6. The molecule has 3 aromatic rings. The maximum atomic E-state index is 14.0. The van der Waals surface area contributed by atoms with Crippen molar-refractivity contribution in [1.82, 2.24) is 4.90 Å². The topological polar surface area (TPSA) is 173 Å². The number of carbonyl (C=O) groups excluding carboxylic acids is 3. The molecule has 6 rings (SSSR count). The van der Waals surface area contributed by atoms with Crippen molar-refractivity contribution in [3.8, 4) is 16.9 Å². The molecule has 0 fully saturated rings. The molecule has 10 nitrogen and oxygen atoms in total. The fourth-order valence-corrected chi connectivity index (χ4v) is 7.08. The number of primary amides is 1. The van der Waals surface area contributed by atoms with Crippen LogP contribution in [0.2, 0.25) is 0 Å². The Morgan fingerprint density at radius 3 is 2.32 bits per heavy atom. The summed E-state index contributed by atoms with van der Waals surface area (Å²) in [4.78, 5) is 41.1. The standard InChI is InChI=1S/C34H33N3O7/c1-37(2)28-23-15-19-14-22-21(18-10-8-17(9-11-18)16-36-20-6-4-3-5-7-20)12-13-24(38)26(22)29(39)25(19)31(41)34(23,44)32(42)27(30(28)40)33(35)43/h3-13,19,23,28,36,38,40-41,44H,14-16H2,1-2H3,(H2,35,43)/t19-,23-,28+,34-/m0/s1. The third-order valence-electron chi connectivity index (χ3n) is 9.14. The Morgan fingerprint density at radius 2 is 1.68 bits per heavy atom. The summed E-state index contributed by atoms with van der Waals surface area (Å²) < 4.78 is 0. The summed E-state index contributed by atoms with van der Waals surface area (Å²) in [5, 5.41) is 48.4. The molecule has 44 heavy (non-hydrogen) atoms. The molecule has 226 valence electrons. The van der Waals surface area contributed by atoms with Gasteiger partial charge in [-0.3, -0.25) is 19.3 Å². The molecule has 0 saturated heterocycles. The Bertz CT molecular complexity index is 1760. The third-order valence-corrected chi connectivity index (χ3v) is 9.14. The molecular formula is C34H33N3O7. The lowest BCUT2D eigenvalue weighted by molar-refractivity contribution is -0.148. The first-order valence-electron chi connectivity index (χ1n) is 14.3. The number of aliphatic hydroxyl groups is 3. The second-order valence-corrected chi connectivity index (χ2v) is 11.9. The van der Waals surface area contributed by atoms with Gasteiger partial charge in [0.15, 0.2) is 11.4 Å². The molecule has 0 aromatic heterocycles. The monoisotopic (exact) mass is 595 g/mol. The van der Waals surface area contributed by atoms with E-state index in [4.69, 9.17) is 5.73 Å². The fourth-order valence-electron chi connectivity index (χ4n) is 7.08. The number of phenols is 1. The number of aliphatic hydroxyl groups excluding tert-OH is 2. The lowest BCUT2D eigenvalue weighted by Crippen LogP contribution is -2.63. The molecular weight excluding hydrogens is 562 g/mol. The molecule has 0 spiro atoms. The van der Waals surface area contributed by atoms with Gasteiger partial charge >= 0.3 is 0 Å². The van der Waals surface area contributed by atoms with Crippen LogP contribution in [0.3, 0.4) is 0 Å². The van der Waals surface area contributed by atoms with E-state index in [1.54, 1.807) is 20.2 Å². The van der Waals surface area contributed by atoms with Gasteiger partial charge in [-0.05, 0) is 73.3 Å². The summed E-state index contributed by atoms with van der Waals surface area (Å²) in [7, 11) is 3.20. The van der Waals surface area contributed by atoms with Gasteiger partial charge in [0.25, 0.3) is 5.91 Å². The average molecular weight is 596 g/mol. The number of nitrogens with two attached hydrogens (primary N) is 1. The number of ketones is 2. The van der Waals surface area contributed by atoms with E-state index in [1.807, 2.05) is 54.6 Å². The van der Waals surface area contributed by atoms with E-state index in [0.29, 0.717) is 12.1 Å². The normalized spacial score (nSPS) is 24.6. The molecule has 1 amide bonds. The number of carbonyl (C=O) groups is 3. The van der Waals surface area contributed by atoms with E-state index in [0.717, 1.165) is 22.4 Å². The van der Waals surface area contributed by atoms with Crippen LogP contribution in [0.25, 0.3) is 11.1 Å². The zero-order valence-corrected chi connectivity index (χ0v) is 24.2. The number of nitrogens with one attached hydrogen (secondary N) is 1. The van der Waals surface area contributed by atoms with Gasteiger partial charge in [0, 0.05) is 23.7 Å². The Morgan fingerprint density at radius 1 is 1.00 bits per heavy atom. The lowest BCUT2D eigenvalue weighted by atomic mass is 9.58. The largest absolute Gasteiger partial charge is 0.510 e. The van der Waals surface area contributed by atoms with Gasteiger partial charge in [-0.25, -0.2) is 0 Å². The van der Waals surface area contributed by atoms with E-state index in [2.05, 4.69) is 5.32 Å². The van der Waals surface area contributed by atoms with Gasteiger partial charge in [0.05, 0.1) is 11.6 Å². The van der Waals surface area contributed by atoms with Crippen LogP contribution >= 0.6 is 0 Å². The van der Waals surface area contributed by atoms with Crippen LogP contribution in [0.5, 0.6) is 5.75 Å². The highest BCUT2D eigenvalue weighted by Gasteiger charge is 2.63. The molecule has 10 heteroatoms. The second-order valence-electron chi connectivity index (χ2n) is 11.9. The molecule has 4 atom stereocenters. The number of para-hydroxylation sites is 1. The minimum Gasteiger partial charge on any atom is -0.510 e. The zero-order chi connectivity index (χ0) is 31.5. The van der Waals surface area contributed by atoms with Crippen molar-refractivity contribution in [2.45, 2.75) is 31.0 Å². The lowest BCUT2D eigenvalue weighted by Gasteiger charge is -2.50. The van der Waals surface area contributed by atoms with Crippen LogP contribution in [0.15, 0.2) is 89.4 Å². The summed E-state index contributed by atoms with van der Waals surface area (Å²) in [5.74, 6) is -6.71. The van der Waals surface area contributed by atoms with Gasteiger partial charge in [-0.15, -0.1) is 0 Å². The van der Waals surface area contributed by atoms with Crippen LogP contribution < -0.4 is 11.1 Å². The Hall–Kier alpha value is -4.93. The van der Waals surface area contributed by atoms with Gasteiger partial charge < -0.3 is 31.5 Å². The van der Waals surface area contributed by atoms with Crippen LogP contribution in [0.1, 0.15) is 27.9 Å². The first kappa shape index (κ1) is 29.2. The molecule has 0 heterocycles. The minimum atomic E-state index is -2.67. The Kier molecular flexibility index (Phi) is 7.06. The summed E-state index contributed by atoms with van der Waals surface area (Å²) >= 11 is 0. The average Bonchev–Trinajstić information content (AvgIpc) is 2.98. The molecule has 3 aliphatic rings. The molecule has 0 unspecified atom stereocenters. The highest BCUT2D eigenvalue weighted by molar-refractivity contribution is 6.24. The molecule has 3 aromatic carbocycles. The number of benzene rings is 3. The van der Waals surface area contributed by atoms with Crippen LogP contribution in [0.4, 0.5) is 5.69 Å². The van der Waals surface area contributed by atoms with Crippen molar-refractivity contribution in [3.05, 3.63) is 106 Å². The predicted molar refractivity (Wildman–Crippen MR) is 163 cm³/mol. The van der Waals surface area contributed by atoms with Crippen molar-refractivity contribution in [2.75, 3.05) is 19.4 Å². The summed E-state index contributed by atoms with van der Waals surface area (Å²) in [5.41, 5.74) is 5.89. The van der Waals surface area contributed by atoms with E-state index in [-0.39, 0.29) is 29.7 Å². The predicted octanol–water partition coefficient (Wildman–Crippen LogP) is 3.40. The SMILES string of the molecule is CN(C)[C@H]1C(O)=C(C(N)=O)C(=O)[C@@]2(O)C(O)=C3C(=O)c4c(O)ccc(-c5ccc(CNc6ccccc6)cc5)c4C[C@H]3C[C@@H]12. The molecule has 3 aliphatic carbocycles. The highest BCUT2D eigenvalue weighted by atomic mass is 16.3. The zero-order valence-electron chi connectivity index (χ0n) is 24.2. The molecule has 0 aliphatic heterocycles. The first-order chi connectivity index (χ1) is 20.9. The van der Waals surface area contributed by atoms with Crippen molar-refractivity contribution >= 4 is 23.2 Å². The number of amides is 1. The van der Waals surface area contributed by atoms with Crippen LogP contribution in [-0.4, -0.2) is 68.5 Å². The van der Waals surface area contributed by atoms with E-state index < -0.39 is 58.0 Å². The van der Waals surface area contributed by atoms with Gasteiger partial charge in [0.1, 0.15) is 22.8 Å². The molecule has 0 bridgehead atoms. The third kappa shape index (κ3) is 4.37. The van der Waals surface area contributed by atoms with Gasteiger partial charge in [-0.2, -0.15) is 0 Å². The number of phenolic OH excluding ortho intramolecular Hbond substituents is 1. The van der Waals surface area contributed by atoms with E-state index >= 15 is 0 Å². The number of fused-ring (bicyclic) bond motifs is 3. The first-order valence-corrected chi connectivity index (χ1v) is 14.3. The molecule has 0 radical (unpaired) electrons. The number of rotatable bonds is 6. The molecule has 7 N–H and O–H groups in total. The summed E-state index contributed by atoms with van der Waals surface area (Å²) in [6, 6.07) is 19.8. The number of Topliss-reactive ketones (excluding diaryl/α,β-unsaturated/α-hetero) is 2. The fraction of sp³-hybridized carbons (Fsp3) is 0.265. The second kappa shape index (κ2) is 10.7. The number of anilines is 1. The molecule has 0 saturated carbocycles. The number of allylic oxidation sites excluding steroid dienone is 1. The minimum absolute atomic E-state index is 0.0156. The maximum absolute atomic E-state index is 14.0. The van der Waals surface area contributed by atoms with Gasteiger partial charge in [-0.1, -0.05) is 48.5 Å². The summed E-state index contributed by atoms with van der Waals surface area (Å²) in [6.45, 7) is 0.612. The quantitative estimate of drug-likeness (QED) is 0.234. The van der Waals surface area contributed by atoms with Crippen LogP contribution in [-0.2, 0) is 22.6 Å². The van der Waals surface area contributed by atoms with Crippen LogP contribution in [0, 0.1) is 11.8 Å². The number of nitrogens with zero attached hydrogens (tertiary/aromatic N) is 1. The Labute approximate surface area is 253 Å². The van der Waals surface area contributed by atoms with E-state index in [9.17, 15) is 34.8 Å². The van der Waals surface area contributed by atoms with Crippen molar-refractivity contribution in [1.29, 1.82) is 0 Å². The Balaban J connectivity index is 1.40. The number of likely N-dealkylation sites (N-methyl/N-ethyl adjacent to an activating group) is 1. The highest BCUT2D eigenvalue weighted by Crippen LogP contribution is 2.53.